The van der Waals surface area contributed by atoms with Gasteiger partial charge in [-0.1, -0.05) is 23.1 Å². The minimum absolute atomic E-state index is 0.0561. The van der Waals surface area contributed by atoms with Gasteiger partial charge in [-0.2, -0.15) is 0 Å². The van der Waals surface area contributed by atoms with E-state index in [1.54, 1.807) is 11.6 Å². The van der Waals surface area contributed by atoms with Gasteiger partial charge in [0.1, 0.15) is 5.82 Å². The number of aromatic nitrogens is 3. The average molecular weight is 479 g/mol. The first-order valence-corrected chi connectivity index (χ1v) is 11.7. The molecule has 1 aliphatic heterocycles. The molecule has 0 radical (unpaired) electrons. The van der Waals surface area contributed by atoms with Gasteiger partial charge in [-0.25, -0.2) is 9.37 Å². The number of anilines is 3. The highest BCUT2D eigenvalue weighted by molar-refractivity contribution is 8.01. The second-order valence-corrected chi connectivity index (χ2v) is 9.51. The zero-order valence-electron chi connectivity index (χ0n) is 15.8. The fraction of sp³-hybridized carbons (Fsp3) is 0.222. The SMILES string of the molecule is O=C(CSc1nnc(NC(=O)C2CC(=O)N(c3ccc(F)cc3)C2)s1)Nc1nccs1. The summed E-state index contributed by atoms with van der Waals surface area (Å²) in [5, 5.41) is 15.8. The smallest absolute Gasteiger partial charge is 0.236 e. The lowest BCUT2D eigenvalue weighted by atomic mass is 10.1. The first kappa shape index (κ1) is 21.3. The quantitative estimate of drug-likeness (QED) is 0.396. The van der Waals surface area contributed by atoms with Gasteiger partial charge in [-0.05, 0) is 24.3 Å². The second-order valence-electron chi connectivity index (χ2n) is 6.42. The minimum atomic E-state index is -0.554. The Kier molecular flexibility index (Phi) is 6.53. The molecule has 3 aromatic rings. The maximum absolute atomic E-state index is 13.1. The minimum Gasteiger partial charge on any atom is -0.312 e. The number of hydrogen-bond donors (Lipinski definition) is 2. The van der Waals surface area contributed by atoms with Crippen LogP contribution in [0.2, 0.25) is 0 Å². The lowest BCUT2D eigenvalue weighted by molar-refractivity contribution is -0.122. The van der Waals surface area contributed by atoms with E-state index >= 15 is 0 Å². The number of rotatable bonds is 7. The Labute approximate surface area is 188 Å². The van der Waals surface area contributed by atoms with Crippen LogP contribution < -0.4 is 15.5 Å². The number of carbonyl (C=O) groups excluding carboxylic acids is 3. The first-order chi connectivity index (χ1) is 15.0. The van der Waals surface area contributed by atoms with Gasteiger partial charge in [-0.15, -0.1) is 21.5 Å². The van der Waals surface area contributed by atoms with Crippen molar-refractivity contribution in [2.24, 2.45) is 5.92 Å². The van der Waals surface area contributed by atoms with Crippen molar-refractivity contribution in [2.45, 2.75) is 10.8 Å². The number of amides is 3. The summed E-state index contributed by atoms with van der Waals surface area (Å²) in [7, 11) is 0. The van der Waals surface area contributed by atoms with E-state index in [0.29, 0.717) is 20.3 Å². The van der Waals surface area contributed by atoms with Crippen LogP contribution in [0.5, 0.6) is 0 Å². The molecule has 31 heavy (non-hydrogen) atoms. The molecule has 1 unspecified atom stereocenters. The van der Waals surface area contributed by atoms with Gasteiger partial charge in [0, 0.05) is 30.2 Å². The van der Waals surface area contributed by atoms with Crippen molar-refractivity contribution in [1.29, 1.82) is 0 Å². The standard InChI is InChI=1S/C18H15FN6O3S3/c19-11-1-3-12(4-2-11)25-8-10(7-14(25)27)15(28)22-17-23-24-18(31-17)30-9-13(26)21-16-20-5-6-29-16/h1-6,10H,7-9H2,(H,20,21,26)(H,22,23,28). The molecule has 1 fully saturated rings. The highest BCUT2D eigenvalue weighted by Gasteiger charge is 2.35. The lowest BCUT2D eigenvalue weighted by Gasteiger charge is -2.16. The molecule has 1 aliphatic rings. The Balaban J connectivity index is 1.28. The molecule has 9 nitrogen and oxygen atoms in total. The molecule has 4 rings (SSSR count). The normalized spacial score (nSPS) is 15.8. The molecule has 0 spiro atoms. The molecule has 0 bridgehead atoms. The largest absolute Gasteiger partial charge is 0.312 e. The van der Waals surface area contributed by atoms with Gasteiger partial charge in [-0.3, -0.25) is 14.4 Å². The number of nitrogens with one attached hydrogen (secondary N) is 2. The molecular weight excluding hydrogens is 463 g/mol. The summed E-state index contributed by atoms with van der Waals surface area (Å²) in [5.41, 5.74) is 0.548. The van der Waals surface area contributed by atoms with Gasteiger partial charge < -0.3 is 15.5 Å². The van der Waals surface area contributed by atoms with Crippen LogP contribution in [0.4, 0.5) is 20.3 Å². The Morgan fingerprint density at radius 2 is 2.00 bits per heavy atom. The number of hydrogen-bond acceptors (Lipinski definition) is 9. The summed E-state index contributed by atoms with van der Waals surface area (Å²) >= 11 is 3.67. The third kappa shape index (κ3) is 5.42. The van der Waals surface area contributed by atoms with Crippen LogP contribution in [0.25, 0.3) is 0 Å². The Hall–Kier alpha value is -2.90. The van der Waals surface area contributed by atoms with Crippen LogP contribution >= 0.6 is 34.4 Å². The monoisotopic (exact) mass is 478 g/mol. The van der Waals surface area contributed by atoms with Gasteiger partial charge in [0.05, 0.1) is 11.7 Å². The fourth-order valence-corrected chi connectivity index (χ4v) is 4.95. The van der Waals surface area contributed by atoms with Crippen molar-refractivity contribution in [3.8, 4) is 0 Å². The van der Waals surface area contributed by atoms with Gasteiger partial charge >= 0.3 is 0 Å². The van der Waals surface area contributed by atoms with Crippen LogP contribution in [0.3, 0.4) is 0 Å². The van der Waals surface area contributed by atoms with E-state index in [-0.39, 0.29) is 36.4 Å². The summed E-state index contributed by atoms with van der Waals surface area (Å²) in [4.78, 5) is 42.2. The predicted octanol–water partition coefficient (Wildman–Crippen LogP) is 2.86. The molecule has 1 aromatic carbocycles. The number of nitrogens with zero attached hydrogens (tertiary/aromatic N) is 4. The van der Waals surface area contributed by atoms with Gasteiger partial charge in [0.15, 0.2) is 9.47 Å². The van der Waals surface area contributed by atoms with Crippen LogP contribution in [-0.4, -0.2) is 45.2 Å². The van der Waals surface area contributed by atoms with Crippen molar-refractivity contribution in [3.63, 3.8) is 0 Å². The molecule has 160 valence electrons. The van der Waals surface area contributed by atoms with E-state index in [2.05, 4.69) is 25.8 Å². The number of thioether (sulfide) groups is 1. The van der Waals surface area contributed by atoms with E-state index in [1.165, 1.54) is 52.3 Å². The molecule has 2 N–H and O–H groups in total. The fourth-order valence-electron chi connectivity index (χ4n) is 2.85. The number of benzene rings is 1. The van der Waals surface area contributed by atoms with Gasteiger partial charge in [0.25, 0.3) is 0 Å². The highest BCUT2D eigenvalue weighted by Crippen LogP contribution is 2.29. The van der Waals surface area contributed by atoms with Crippen molar-refractivity contribution in [3.05, 3.63) is 41.7 Å². The van der Waals surface area contributed by atoms with Gasteiger partial charge in [0.2, 0.25) is 22.9 Å². The molecule has 2 aromatic heterocycles. The molecule has 3 heterocycles. The van der Waals surface area contributed by atoms with Crippen molar-refractivity contribution < 1.29 is 18.8 Å². The van der Waals surface area contributed by atoms with E-state index in [4.69, 9.17) is 0 Å². The van der Waals surface area contributed by atoms with Crippen molar-refractivity contribution >= 4 is 68.1 Å². The second kappa shape index (κ2) is 9.49. The third-order valence-corrected chi connectivity index (χ3v) is 6.94. The molecule has 0 aliphatic carbocycles. The lowest BCUT2D eigenvalue weighted by Crippen LogP contribution is -2.28. The van der Waals surface area contributed by atoms with Crippen molar-refractivity contribution in [1.82, 2.24) is 15.2 Å². The Morgan fingerprint density at radius 1 is 1.19 bits per heavy atom. The van der Waals surface area contributed by atoms with Crippen molar-refractivity contribution in [2.75, 3.05) is 27.8 Å². The average Bonchev–Trinajstić information content (AvgIpc) is 3.49. The summed E-state index contributed by atoms with van der Waals surface area (Å²) in [6.07, 6.45) is 1.66. The molecule has 1 atom stereocenters. The molecule has 0 saturated carbocycles. The summed E-state index contributed by atoms with van der Waals surface area (Å²) in [6.45, 7) is 0.202. The maximum Gasteiger partial charge on any atom is 0.236 e. The highest BCUT2D eigenvalue weighted by atomic mass is 32.2. The number of carbonyl (C=O) groups is 3. The van der Waals surface area contributed by atoms with E-state index in [9.17, 15) is 18.8 Å². The molecular formula is C18H15FN6O3S3. The zero-order valence-corrected chi connectivity index (χ0v) is 18.2. The van der Waals surface area contributed by atoms with Crippen LogP contribution in [0.15, 0.2) is 40.2 Å². The van der Waals surface area contributed by atoms with E-state index < -0.39 is 11.7 Å². The zero-order chi connectivity index (χ0) is 21.8. The Morgan fingerprint density at radius 3 is 2.74 bits per heavy atom. The number of thiazole rings is 1. The van der Waals surface area contributed by atoms with Crippen LogP contribution in [0, 0.1) is 11.7 Å². The van der Waals surface area contributed by atoms with E-state index in [0.717, 1.165) is 11.3 Å². The Bertz CT molecular complexity index is 1090. The summed E-state index contributed by atoms with van der Waals surface area (Å²) in [6, 6.07) is 5.56. The van der Waals surface area contributed by atoms with Crippen LogP contribution in [0.1, 0.15) is 6.42 Å². The van der Waals surface area contributed by atoms with Crippen LogP contribution in [-0.2, 0) is 14.4 Å². The molecule has 3 amide bonds. The summed E-state index contributed by atoms with van der Waals surface area (Å²) < 4.78 is 13.6. The predicted molar refractivity (Wildman–Crippen MR) is 117 cm³/mol. The first-order valence-electron chi connectivity index (χ1n) is 9.00. The summed E-state index contributed by atoms with van der Waals surface area (Å²) in [5.74, 6) is -1.58. The molecule has 1 saturated heterocycles. The topological polar surface area (TPSA) is 117 Å². The molecule has 13 heteroatoms. The third-order valence-electron chi connectivity index (χ3n) is 4.28. The maximum atomic E-state index is 13.1. The number of halogens is 1. The van der Waals surface area contributed by atoms with E-state index in [1.807, 2.05) is 0 Å².